The molecule has 7 aromatic carbocycles. The average Bonchev–Trinajstić information content (AvgIpc) is 3.32. The Morgan fingerprint density at radius 1 is 0.267 bits per heavy atom. The maximum absolute atomic E-state index is 5.85. The molecule has 0 aliphatic rings. The van der Waals surface area contributed by atoms with Crippen molar-refractivity contribution in [2.24, 2.45) is 0 Å². The predicted molar refractivity (Wildman–Crippen MR) is 242 cm³/mol. The van der Waals surface area contributed by atoms with Crippen molar-refractivity contribution in [1.29, 1.82) is 0 Å². The first-order valence-corrected chi connectivity index (χ1v) is 20.1. The summed E-state index contributed by atoms with van der Waals surface area (Å²) in [5.74, 6) is 0. The van der Waals surface area contributed by atoms with Gasteiger partial charge in [0.1, 0.15) is 11.8 Å². The van der Waals surface area contributed by atoms with E-state index in [-0.39, 0.29) is 0 Å². The Labute approximate surface area is 341 Å². The highest BCUT2D eigenvalue weighted by Gasteiger charge is 2.25. The molecular formula is C51H33N9. The summed E-state index contributed by atoms with van der Waals surface area (Å²) in [5, 5.41) is 0. The molecule has 9 heteroatoms. The van der Waals surface area contributed by atoms with Gasteiger partial charge < -0.3 is 8.97 Å². The summed E-state index contributed by atoms with van der Waals surface area (Å²) >= 11 is 0. The summed E-state index contributed by atoms with van der Waals surface area (Å²) in [4.78, 5) is 16.0. The molecule has 0 unspecified atom stereocenters. The van der Waals surface area contributed by atoms with Crippen LogP contribution in [0.15, 0.2) is 200 Å². The van der Waals surface area contributed by atoms with Gasteiger partial charge >= 0.3 is 0 Å². The van der Waals surface area contributed by atoms with Gasteiger partial charge in [0, 0.05) is 22.7 Å². The lowest BCUT2D eigenvalue weighted by Crippen LogP contribution is -2.16. The van der Waals surface area contributed by atoms with E-state index < -0.39 is 0 Å². The Bertz CT molecular complexity index is 3610. The highest BCUT2D eigenvalue weighted by atomic mass is 15.2. The molecule has 0 fully saturated rings. The van der Waals surface area contributed by atoms with Gasteiger partial charge in [0.2, 0.25) is 0 Å². The van der Waals surface area contributed by atoms with Crippen LogP contribution in [0.3, 0.4) is 0 Å². The molecule has 0 aliphatic carbocycles. The molecule has 0 saturated carbocycles. The fraction of sp³-hybridized carbons (Fsp3) is 0. The molecule has 0 amide bonds. The van der Waals surface area contributed by atoms with Crippen molar-refractivity contribution in [3.05, 3.63) is 200 Å². The zero-order valence-corrected chi connectivity index (χ0v) is 32.1. The van der Waals surface area contributed by atoms with E-state index in [0.29, 0.717) is 0 Å². The highest BCUT2D eigenvalue weighted by molar-refractivity contribution is 6.08. The molecule has 282 valence electrons. The van der Waals surface area contributed by atoms with Gasteiger partial charge in [-0.1, -0.05) is 103 Å². The monoisotopic (exact) mass is 771 g/mol. The minimum absolute atomic E-state index is 0.744. The van der Waals surface area contributed by atoms with E-state index in [4.69, 9.17) is 15.0 Å². The van der Waals surface area contributed by atoms with Crippen LogP contribution >= 0.6 is 0 Å². The minimum Gasteiger partial charge on any atom is -0.306 e. The van der Waals surface area contributed by atoms with Crippen LogP contribution < -0.4 is 0 Å². The fourth-order valence-electron chi connectivity index (χ4n) is 9.37. The number of para-hydroxylation sites is 9. The Morgan fingerprint density at radius 3 is 1.18 bits per heavy atom. The second-order valence-electron chi connectivity index (χ2n) is 15.0. The van der Waals surface area contributed by atoms with E-state index in [1.54, 1.807) is 6.33 Å². The van der Waals surface area contributed by atoms with Crippen LogP contribution in [0.4, 0.5) is 0 Å². The Balaban J connectivity index is 1.34. The maximum atomic E-state index is 5.85. The van der Waals surface area contributed by atoms with Gasteiger partial charge in [-0.15, -0.1) is 0 Å². The molecule has 0 saturated heterocycles. The number of hydrogen-bond acceptors (Lipinski definition) is 3. The molecular weight excluding hydrogens is 739 g/mol. The lowest BCUT2D eigenvalue weighted by atomic mass is 10.1. The van der Waals surface area contributed by atoms with E-state index in [1.165, 1.54) is 0 Å². The third-order valence-electron chi connectivity index (χ3n) is 11.8. The Hall–Kier alpha value is -8.43. The zero-order valence-electron chi connectivity index (χ0n) is 32.1. The number of fused-ring (bicyclic) bond motifs is 8. The predicted octanol–water partition coefficient (Wildman–Crippen LogP) is 11.6. The number of pyridine rings is 1. The second kappa shape index (κ2) is 12.5. The Kier molecular flexibility index (Phi) is 6.82. The van der Waals surface area contributed by atoms with E-state index >= 15 is 0 Å². The summed E-state index contributed by atoms with van der Waals surface area (Å²) in [7, 11) is 0. The van der Waals surface area contributed by atoms with Crippen LogP contribution in [-0.4, -0.2) is 42.0 Å². The van der Waals surface area contributed by atoms with E-state index in [2.05, 4.69) is 209 Å². The van der Waals surface area contributed by atoms with Crippen molar-refractivity contribution in [2.45, 2.75) is 0 Å². The maximum Gasteiger partial charge on any atom is 0.168 e. The van der Waals surface area contributed by atoms with Crippen LogP contribution in [0.1, 0.15) is 0 Å². The molecule has 6 heterocycles. The number of aromatic nitrogens is 9. The van der Waals surface area contributed by atoms with Crippen molar-refractivity contribution in [3.8, 4) is 22.7 Å². The molecule has 0 atom stereocenters. The SMILES string of the molecule is c1ccc(-n2c3ccccc3n3c4cc5c(nc4n(-c4ccccc4)c4cccc2c43)n(-c2ccccc2)c2ncnc3c2n5c2ccccc2n3-c2ccccc2)cc1. The van der Waals surface area contributed by atoms with Crippen LogP contribution in [0.25, 0.3) is 101 Å². The van der Waals surface area contributed by atoms with Crippen molar-refractivity contribution in [2.75, 3.05) is 0 Å². The Morgan fingerprint density at radius 2 is 0.633 bits per heavy atom. The van der Waals surface area contributed by atoms with Crippen molar-refractivity contribution < 1.29 is 0 Å². The van der Waals surface area contributed by atoms with E-state index in [1.807, 2.05) is 12.1 Å². The molecule has 13 aromatic rings. The van der Waals surface area contributed by atoms with Gasteiger partial charge in [-0.25, -0.2) is 15.0 Å². The lowest BCUT2D eigenvalue weighted by Gasteiger charge is -2.26. The van der Waals surface area contributed by atoms with E-state index in [0.717, 1.165) is 101 Å². The number of benzene rings is 7. The largest absolute Gasteiger partial charge is 0.306 e. The molecule has 0 radical (unpaired) electrons. The fourth-order valence-corrected chi connectivity index (χ4v) is 9.37. The van der Waals surface area contributed by atoms with Gasteiger partial charge in [0.05, 0.1) is 49.7 Å². The third kappa shape index (κ3) is 4.48. The molecule has 9 nitrogen and oxygen atoms in total. The van der Waals surface area contributed by atoms with Crippen LogP contribution in [0.2, 0.25) is 0 Å². The summed E-state index contributed by atoms with van der Waals surface area (Å²) in [6, 6.07) is 68.2. The first-order valence-electron chi connectivity index (χ1n) is 20.1. The van der Waals surface area contributed by atoms with Crippen LogP contribution in [0.5, 0.6) is 0 Å². The molecule has 0 aliphatic heterocycles. The van der Waals surface area contributed by atoms with Crippen molar-refractivity contribution >= 4 is 77.8 Å². The third-order valence-corrected chi connectivity index (χ3v) is 11.8. The quantitative estimate of drug-likeness (QED) is 0.132. The first-order chi connectivity index (χ1) is 29.8. The minimum atomic E-state index is 0.744. The zero-order chi connectivity index (χ0) is 39.3. The summed E-state index contributed by atoms with van der Waals surface area (Å²) in [6.07, 6.45) is 1.67. The topological polar surface area (TPSA) is 67.2 Å². The molecule has 6 aromatic heterocycles. The summed E-state index contributed by atoms with van der Waals surface area (Å²) < 4.78 is 13.9. The lowest BCUT2D eigenvalue weighted by molar-refractivity contribution is 1.01. The number of hydrogen-bond donors (Lipinski definition) is 0. The van der Waals surface area contributed by atoms with Gasteiger partial charge in [0.25, 0.3) is 0 Å². The molecule has 0 N–H and O–H groups in total. The van der Waals surface area contributed by atoms with E-state index in [9.17, 15) is 0 Å². The summed E-state index contributed by atoms with van der Waals surface area (Å²) in [6.45, 7) is 0. The molecule has 60 heavy (non-hydrogen) atoms. The van der Waals surface area contributed by atoms with Crippen LogP contribution in [0, 0.1) is 0 Å². The van der Waals surface area contributed by atoms with Crippen molar-refractivity contribution in [3.63, 3.8) is 0 Å². The smallest absolute Gasteiger partial charge is 0.168 e. The highest BCUT2D eigenvalue weighted by Crippen LogP contribution is 2.38. The summed E-state index contributed by atoms with van der Waals surface area (Å²) in [5.41, 5.74) is 17.3. The van der Waals surface area contributed by atoms with Gasteiger partial charge in [0.15, 0.2) is 22.6 Å². The van der Waals surface area contributed by atoms with Gasteiger partial charge in [-0.05, 0) is 91.0 Å². The second-order valence-corrected chi connectivity index (χ2v) is 15.0. The van der Waals surface area contributed by atoms with Crippen LogP contribution in [-0.2, 0) is 0 Å². The number of rotatable bonds is 4. The molecule has 13 rings (SSSR count). The van der Waals surface area contributed by atoms with Gasteiger partial charge in [-0.2, -0.15) is 0 Å². The normalized spacial score (nSPS) is 12.0. The molecule has 0 spiro atoms. The standard InChI is InChI=1S/C51H33N9/c1-5-18-34(19-6-1)55-38-26-13-15-28-40(38)59-44-32-45-49(54-48(44)57(36-22-9-3-10-23-36)43-31-17-30-42(55)46(43)59)58(37-24-11-4-12-25-37)51-47-50(52-33-53-51)56(35-20-7-2-8-21-35)39-27-14-16-29-41(39)60(45)47/h1-33H. The van der Waals surface area contributed by atoms with Crippen molar-refractivity contribution in [1.82, 2.24) is 42.0 Å². The van der Waals surface area contributed by atoms with Gasteiger partial charge in [-0.3, -0.25) is 18.1 Å². The molecule has 0 bridgehead atoms. The average molecular weight is 772 g/mol. The number of nitrogens with zero attached hydrogens (tertiary/aromatic N) is 9. The first kappa shape index (κ1) is 32.6.